The van der Waals surface area contributed by atoms with Gasteiger partial charge in [0, 0.05) is 11.4 Å². The van der Waals surface area contributed by atoms with Crippen LogP contribution in [0.5, 0.6) is 11.5 Å². The molecule has 0 atom stereocenters. The third-order valence-corrected chi connectivity index (χ3v) is 3.27. The minimum Gasteiger partial charge on any atom is -0.493 e. The first-order valence-electron chi connectivity index (χ1n) is 8.01. The molecule has 26 heavy (non-hydrogen) atoms. The number of para-hydroxylation sites is 3. The molecule has 2 aromatic rings. The van der Waals surface area contributed by atoms with Crippen LogP contribution in [0.25, 0.3) is 0 Å². The molecule has 0 saturated carbocycles. The number of nitrogens with zero attached hydrogens (tertiary/aromatic N) is 1. The van der Waals surface area contributed by atoms with Gasteiger partial charge >= 0.3 is 0 Å². The Morgan fingerprint density at radius 3 is 2.31 bits per heavy atom. The largest absolute Gasteiger partial charge is 0.493 e. The summed E-state index contributed by atoms with van der Waals surface area (Å²) in [7, 11) is 1.52. The van der Waals surface area contributed by atoms with E-state index >= 15 is 0 Å². The fraction of sp³-hybridized carbons (Fsp3) is 0.211. The van der Waals surface area contributed by atoms with E-state index in [4.69, 9.17) is 9.47 Å². The fourth-order valence-electron chi connectivity index (χ4n) is 2.07. The lowest BCUT2D eigenvalue weighted by Gasteiger charge is -2.09. The molecule has 0 heterocycles. The Bertz CT molecular complexity index is 775. The predicted molar refractivity (Wildman–Crippen MR) is 99.4 cm³/mol. The van der Waals surface area contributed by atoms with E-state index in [1.54, 1.807) is 43.3 Å². The van der Waals surface area contributed by atoms with E-state index in [-0.39, 0.29) is 18.9 Å². The van der Waals surface area contributed by atoms with Gasteiger partial charge in [-0.05, 0) is 31.2 Å². The second-order valence-electron chi connectivity index (χ2n) is 5.41. The molecule has 0 fully saturated rings. The number of nitrogens with one attached hydrogen (secondary N) is 2. The Balaban J connectivity index is 1.77. The summed E-state index contributed by atoms with van der Waals surface area (Å²) in [5.74, 6) is 0.362. The van der Waals surface area contributed by atoms with Crippen molar-refractivity contribution in [2.24, 2.45) is 5.10 Å². The summed E-state index contributed by atoms with van der Waals surface area (Å²) in [5, 5.41) is 6.65. The lowest BCUT2D eigenvalue weighted by molar-refractivity contribution is -0.123. The molecule has 136 valence electrons. The van der Waals surface area contributed by atoms with Gasteiger partial charge in [-0.1, -0.05) is 30.3 Å². The van der Waals surface area contributed by atoms with Crippen molar-refractivity contribution in [1.29, 1.82) is 0 Å². The van der Waals surface area contributed by atoms with Crippen LogP contribution < -0.4 is 20.2 Å². The summed E-state index contributed by atoms with van der Waals surface area (Å²) in [4.78, 5) is 23.7. The van der Waals surface area contributed by atoms with E-state index in [1.165, 1.54) is 7.11 Å². The number of hydrazone groups is 1. The van der Waals surface area contributed by atoms with E-state index < -0.39 is 5.91 Å². The molecular formula is C19H21N3O4. The number of rotatable bonds is 8. The van der Waals surface area contributed by atoms with Crippen molar-refractivity contribution in [3.63, 3.8) is 0 Å². The van der Waals surface area contributed by atoms with Crippen LogP contribution in [-0.4, -0.2) is 31.2 Å². The number of amides is 2. The van der Waals surface area contributed by atoms with Crippen LogP contribution in [0.2, 0.25) is 0 Å². The van der Waals surface area contributed by atoms with Crippen molar-refractivity contribution in [2.75, 3.05) is 19.0 Å². The van der Waals surface area contributed by atoms with E-state index in [1.807, 2.05) is 18.2 Å². The van der Waals surface area contributed by atoms with Crippen LogP contribution in [0.1, 0.15) is 13.3 Å². The zero-order valence-corrected chi connectivity index (χ0v) is 14.7. The zero-order valence-electron chi connectivity index (χ0n) is 14.7. The number of hydrogen-bond acceptors (Lipinski definition) is 5. The lowest BCUT2D eigenvalue weighted by atomic mass is 10.2. The van der Waals surface area contributed by atoms with Crippen molar-refractivity contribution >= 4 is 23.2 Å². The maximum Gasteiger partial charge on any atom is 0.277 e. The summed E-state index contributed by atoms with van der Waals surface area (Å²) in [6.07, 6.45) is 0.0720. The molecule has 0 aliphatic carbocycles. The first-order valence-corrected chi connectivity index (χ1v) is 8.01. The van der Waals surface area contributed by atoms with Crippen molar-refractivity contribution in [1.82, 2.24) is 5.43 Å². The third-order valence-electron chi connectivity index (χ3n) is 3.27. The molecule has 2 aromatic carbocycles. The Kier molecular flexibility index (Phi) is 7.17. The second kappa shape index (κ2) is 9.83. The second-order valence-corrected chi connectivity index (χ2v) is 5.41. The molecule has 0 aromatic heterocycles. The molecule has 7 heteroatoms. The van der Waals surface area contributed by atoms with Crippen molar-refractivity contribution in [2.45, 2.75) is 13.3 Å². The van der Waals surface area contributed by atoms with Gasteiger partial charge < -0.3 is 14.8 Å². The Labute approximate surface area is 152 Å². The highest BCUT2D eigenvalue weighted by molar-refractivity contribution is 6.05. The lowest BCUT2D eigenvalue weighted by Crippen LogP contribution is -2.26. The number of carbonyl (C=O) groups is 2. The highest BCUT2D eigenvalue weighted by Crippen LogP contribution is 2.25. The Morgan fingerprint density at radius 2 is 1.62 bits per heavy atom. The molecule has 2 amide bonds. The zero-order chi connectivity index (χ0) is 18.8. The topological polar surface area (TPSA) is 89.0 Å². The van der Waals surface area contributed by atoms with Crippen LogP contribution in [0.4, 0.5) is 5.69 Å². The number of ether oxygens (including phenoxy) is 2. The number of benzene rings is 2. The van der Waals surface area contributed by atoms with Gasteiger partial charge in [0.1, 0.15) is 0 Å². The number of hydrogen-bond donors (Lipinski definition) is 2. The maximum absolute atomic E-state index is 11.9. The minimum atomic E-state index is -0.432. The van der Waals surface area contributed by atoms with Gasteiger partial charge in [-0.15, -0.1) is 0 Å². The molecule has 0 unspecified atom stereocenters. The monoisotopic (exact) mass is 355 g/mol. The van der Waals surface area contributed by atoms with Gasteiger partial charge in [0.25, 0.3) is 5.91 Å². The average Bonchev–Trinajstić information content (AvgIpc) is 2.65. The standard InChI is InChI=1S/C19H21N3O4/c1-14(12-18(23)20-15-8-4-3-5-9-15)21-22-19(24)13-26-17-11-7-6-10-16(17)25-2/h3-11H,12-13H2,1-2H3,(H,20,23)(H,22,24)/b21-14-. The normalized spacial score (nSPS) is 10.8. The van der Waals surface area contributed by atoms with Gasteiger partial charge in [0.05, 0.1) is 13.5 Å². The summed E-state index contributed by atoms with van der Waals surface area (Å²) in [6.45, 7) is 1.44. The summed E-state index contributed by atoms with van der Waals surface area (Å²) >= 11 is 0. The van der Waals surface area contributed by atoms with E-state index in [9.17, 15) is 9.59 Å². The third kappa shape index (κ3) is 6.27. The van der Waals surface area contributed by atoms with Crippen molar-refractivity contribution < 1.29 is 19.1 Å². The van der Waals surface area contributed by atoms with Crippen molar-refractivity contribution in [3.8, 4) is 11.5 Å². The van der Waals surface area contributed by atoms with Gasteiger partial charge in [-0.2, -0.15) is 5.10 Å². The summed E-state index contributed by atoms with van der Waals surface area (Å²) in [5.41, 5.74) is 3.55. The number of carbonyl (C=O) groups excluding carboxylic acids is 2. The first-order chi connectivity index (χ1) is 12.6. The molecule has 0 radical (unpaired) electrons. The number of anilines is 1. The van der Waals surface area contributed by atoms with Crippen LogP contribution in [-0.2, 0) is 9.59 Å². The Hall–Kier alpha value is -3.35. The van der Waals surface area contributed by atoms with Crippen molar-refractivity contribution in [3.05, 3.63) is 54.6 Å². The SMILES string of the molecule is COc1ccccc1OCC(=O)N/N=C(/C)CC(=O)Nc1ccccc1. The van der Waals surface area contributed by atoms with E-state index in [2.05, 4.69) is 15.8 Å². The minimum absolute atomic E-state index is 0.0720. The average molecular weight is 355 g/mol. The van der Waals surface area contributed by atoms with E-state index in [0.717, 1.165) is 0 Å². The molecule has 0 aliphatic rings. The highest BCUT2D eigenvalue weighted by Gasteiger charge is 2.08. The van der Waals surface area contributed by atoms with Gasteiger partial charge in [-0.3, -0.25) is 9.59 Å². The molecule has 0 saturated heterocycles. The molecule has 2 rings (SSSR count). The summed E-state index contributed by atoms with van der Waals surface area (Å²) < 4.78 is 10.5. The highest BCUT2D eigenvalue weighted by atomic mass is 16.5. The smallest absolute Gasteiger partial charge is 0.277 e. The fourth-order valence-corrected chi connectivity index (χ4v) is 2.07. The van der Waals surface area contributed by atoms with Crippen LogP contribution in [0.3, 0.4) is 0 Å². The van der Waals surface area contributed by atoms with E-state index in [0.29, 0.717) is 22.9 Å². The Morgan fingerprint density at radius 1 is 0.962 bits per heavy atom. The predicted octanol–water partition coefficient (Wildman–Crippen LogP) is 2.59. The van der Waals surface area contributed by atoms with Crippen LogP contribution in [0.15, 0.2) is 59.7 Å². The van der Waals surface area contributed by atoms with Crippen LogP contribution in [0, 0.1) is 0 Å². The van der Waals surface area contributed by atoms with Gasteiger partial charge in [0.2, 0.25) is 5.91 Å². The van der Waals surface area contributed by atoms with Gasteiger partial charge in [0.15, 0.2) is 18.1 Å². The summed E-state index contributed by atoms with van der Waals surface area (Å²) in [6, 6.07) is 16.1. The number of methoxy groups -OCH3 is 1. The molecule has 0 spiro atoms. The first kappa shape index (κ1) is 19.0. The van der Waals surface area contributed by atoms with Gasteiger partial charge in [-0.25, -0.2) is 5.43 Å². The molecule has 7 nitrogen and oxygen atoms in total. The molecule has 0 bridgehead atoms. The van der Waals surface area contributed by atoms with Crippen LogP contribution >= 0.6 is 0 Å². The molecule has 2 N–H and O–H groups in total. The molecule has 0 aliphatic heterocycles. The quantitative estimate of drug-likeness (QED) is 0.563. The molecular weight excluding hydrogens is 334 g/mol. The maximum atomic E-state index is 11.9.